The van der Waals surface area contributed by atoms with Gasteiger partial charge in [0.05, 0.1) is 42.8 Å². The van der Waals surface area contributed by atoms with Crippen molar-refractivity contribution < 1.29 is 53.1 Å². The van der Waals surface area contributed by atoms with E-state index in [-0.39, 0.29) is 45.0 Å². The van der Waals surface area contributed by atoms with Crippen LogP contribution in [0, 0.1) is 23.7 Å². The van der Waals surface area contributed by atoms with Crippen molar-refractivity contribution in [3.63, 3.8) is 0 Å². The number of cyclic esters (lactones) is 1. The number of ether oxygens (including phenoxy) is 6. The van der Waals surface area contributed by atoms with E-state index < -0.39 is 77.3 Å². The van der Waals surface area contributed by atoms with Crippen molar-refractivity contribution in [1.82, 2.24) is 4.90 Å². The van der Waals surface area contributed by atoms with Crippen molar-refractivity contribution in [2.45, 2.75) is 129 Å². The van der Waals surface area contributed by atoms with Gasteiger partial charge in [-0.05, 0) is 72.2 Å². The first-order chi connectivity index (χ1) is 25.4. The number of aliphatic hydroxyl groups is 2. The lowest BCUT2D eigenvalue weighted by molar-refractivity contribution is -0.296. The number of benzene rings is 1. The Kier molecular flexibility index (Phi) is 15.4. The molecule has 2 N–H and O–H groups in total. The van der Waals surface area contributed by atoms with Crippen LogP contribution in [0.25, 0.3) is 6.08 Å². The van der Waals surface area contributed by atoms with E-state index in [0.717, 1.165) is 11.1 Å². The summed E-state index contributed by atoms with van der Waals surface area (Å²) in [5, 5.41) is 28.6. The van der Waals surface area contributed by atoms with Crippen LogP contribution in [-0.2, 0) is 42.8 Å². The van der Waals surface area contributed by atoms with Crippen LogP contribution < -0.4 is 0 Å². The Balaban J connectivity index is 1.98. The summed E-state index contributed by atoms with van der Waals surface area (Å²) in [6, 6.07) is 9.49. The number of likely N-dealkylation sites (N-methyl/N-ethyl adjacent to an activating group) is 1. The van der Waals surface area contributed by atoms with Gasteiger partial charge in [-0.15, -0.1) is 0 Å². The largest absolute Gasteiger partial charge is 0.459 e. The number of nitrogens with zero attached hydrogens (tertiary/aromatic N) is 2. The minimum absolute atomic E-state index is 0.0456. The highest BCUT2D eigenvalue weighted by atomic mass is 16.7. The van der Waals surface area contributed by atoms with Crippen LogP contribution in [0.5, 0.6) is 0 Å². The van der Waals surface area contributed by atoms with Gasteiger partial charge in [0.2, 0.25) is 6.79 Å². The van der Waals surface area contributed by atoms with Gasteiger partial charge in [0.25, 0.3) is 0 Å². The monoisotopic (exact) mass is 760 g/mol. The number of oxime groups is 1. The lowest BCUT2D eigenvalue weighted by Crippen LogP contribution is -2.60. The molecular formula is C41H64N2O11. The average molecular weight is 761 g/mol. The number of ketones is 1. The van der Waals surface area contributed by atoms with Crippen LogP contribution >= 0.6 is 0 Å². The van der Waals surface area contributed by atoms with E-state index >= 15 is 0 Å². The maximum atomic E-state index is 14.5. The molecule has 3 aliphatic rings. The maximum Gasteiger partial charge on any atom is 0.316 e. The molecule has 13 nitrogen and oxygen atoms in total. The third-order valence-electron chi connectivity index (χ3n) is 11.4. The Hall–Kier alpha value is -2.75. The molecule has 2 bridgehead atoms. The first-order valence-electron chi connectivity index (χ1n) is 19.3. The minimum Gasteiger partial charge on any atom is -0.459 e. The van der Waals surface area contributed by atoms with E-state index in [1.54, 1.807) is 20.8 Å². The second-order valence-corrected chi connectivity index (χ2v) is 16.1. The molecule has 3 fully saturated rings. The topological polar surface area (TPSA) is 155 Å². The fraction of sp³-hybridized carbons (Fsp3) is 0.732. The first kappa shape index (κ1) is 44.0. The molecule has 0 radical (unpaired) electrons. The van der Waals surface area contributed by atoms with Crippen molar-refractivity contribution >= 4 is 23.5 Å². The SMILES string of the molecule is CC[C@H]1OC(=O)[C@H](C)C(=O)[C@H](C)C(O[C@@H]2O[C@H](C)C[C@H](N(C)C)C2O)[C@@]2(C)CC(C)/C(=N\OCOC)C(C)C(OC/C(=C/c3ccccc3)CO2)[C@]1(C)O. The molecular weight excluding hydrogens is 696 g/mol. The molecule has 0 spiro atoms. The summed E-state index contributed by atoms with van der Waals surface area (Å²) in [6.07, 6.45) is -2.39. The number of Topliss-reactive ketones (excluding diaryl/α,β-unsaturated/α-hetero) is 1. The molecule has 1 aromatic rings. The van der Waals surface area contributed by atoms with Gasteiger partial charge >= 0.3 is 5.97 Å². The predicted octanol–water partition coefficient (Wildman–Crippen LogP) is 4.62. The lowest BCUT2D eigenvalue weighted by atomic mass is 9.74. The van der Waals surface area contributed by atoms with Crippen LogP contribution in [-0.4, -0.2) is 128 Å². The number of esters is 1. The van der Waals surface area contributed by atoms with Crippen molar-refractivity contribution in [2.24, 2.45) is 28.8 Å². The van der Waals surface area contributed by atoms with Crippen LogP contribution in [0.1, 0.15) is 80.2 Å². The smallest absolute Gasteiger partial charge is 0.316 e. The van der Waals surface area contributed by atoms with E-state index in [1.165, 1.54) is 14.0 Å². The van der Waals surface area contributed by atoms with Gasteiger partial charge < -0.3 is 48.4 Å². The zero-order valence-corrected chi connectivity index (χ0v) is 34.0. The fourth-order valence-corrected chi connectivity index (χ4v) is 8.37. The number of hydrogen-bond donors (Lipinski definition) is 2. The van der Waals surface area contributed by atoms with Gasteiger partial charge in [0.15, 0.2) is 12.1 Å². The van der Waals surface area contributed by atoms with Crippen molar-refractivity contribution in [2.75, 3.05) is 41.2 Å². The number of carbonyl (C=O) groups excluding carboxylic acids is 2. The first-order valence-corrected chi connectivity index (χ1v) is 19.3. The van der Waals surface area contributed by atoms with Crippen molar-refractivity contribution in [3.8, 4) is 0 Å². The van der Waals surface area contributed by atoms with E-state index in [1.807, 2.05) is 83.1 Å². The quantitative estimate of drug-likeness (QED) is 0.125. The van der Waals surface area contributed by atoms with Gasteiger partial charge in [-0.25, -0.2) is 0 Å². The molecule has 0 amide bonds. The number of fused-ring (bicyclic) bond motifs is 5. The number of carbonyl (C=O) groups is 2. The molecule has 13 heteroatoms. The second-order valence-electron chi connectivity index (χ2n) is 16.1. The van der Waals surface area contributed by atoms with Gasteiger partial charge in [-0.3, -0.25) is 9.59 Å². The number of rotatable bonds is 8. The summed E-state index contributed by atoms with van der Waals surface area (Å²) in [5.41, 5.74) is -0.777. The fourth-order valence-electron chi connectivity index (χ4n) is 8.37. The van der Waals surface area contributed by atoms with Crippen molar-refractivity contribution in [1.29, 1.82) is 0 Å². The number of methoxy groups -OCH3 is 1. The summed E-state index contributed by atoms with van der Waals surface area (Å²) >= 11 is 0. The Morgan fingerprint density at radius 3 is 2.35 bits per heavy atom. The third kappa shape index (κ3) is 10.2. The second kappa shape index (κ2) is 18.9. The maximum absolute atomic E-state index is 14.5. The van der Waals surface area contributed by atoms with E-state index in [9.17, 15) is 19.8 Å². The zero-order valence-electron chi connectivity index (χ0n) is 34.0. The third-order valence-corrected chi connectivity index (χ3v) is 11.4. The van der Waals surface area contributed by atoms with E-state index in [4.69, 9.17) is 33.3 Å². The van der Waals surface area contributed by atoms with Crippen molar-refractivity contribution in [3.05, 3.63) is 41.5 Å². The minimum atomic E-state index is -1.74. The lowest BCUT2D eigenvalue weighted by Gasteiger charge is -2.47. The summed E-state index contributed by atoms with van der Waals surface area (Å²) in [5.74, 6) is -4.34. The molecule has 3 heterocycles. The van der Waals surface area contributed by atoms with E-state index in [0.29, 0.717) is 12.1 Å². The number of hydrogen-bond acceptors (Lipinski definition) is 13. The number of aliphatic hydroxyl groups excluding tert-OH is 1. The molecule has 304 valence electrons. The highest BCUT2D eigenvalue weighted by molar-refractivity contribution is 6.00. The van der Waals surface area contributed by atoms with Gasteiger partial charge in [0, 0.05) is 30.9 Å². The Bertz CT molecular complexity index is 1450. The molecule has 0 aliphatic carbocycles. The van der Waals surface area contributed by atoms with Gasteiger partial charge in [-0.1, -0.05) is 69.3 Å². The molecule has 0 saturated carbocycles. The Labute approximate surface area is 321 Å². The highest BCUT2D eigenvalue weighted by Crippen LogP contribution is 2.40. The standard InChI is InChI=1S/C41H64N2O11/c1-12-32-41(8,47)37-26(4)33(42-51-23-48-11)24(2)20-40(7,50-22-30(21-49-37)19-29-16-14-13-15-17-29)36(27(5)34(44)28(6)38(46)53-32)54-39-35(45)31(43(9)10)18-25(3)52-39/h13-17,19,24-28,31-32,35-37,39,45,47H,12,18,20-23H2,1-11H3/b30-19-,42-33+/t24?,25-,26?,27+,28-,31+,32-,35?,36?,37?,39+,40-,41-/m1/s1. The van der Waals surface area contributed by atoms with Gasteiger partial charge in [0.1, 0.15) is 23.7 Å². The Morgan fingerprint density at radius 1 is 1.04 bits per heavy atom. The van der Waals surface area contributed by atoms with Crippen LogP contribution in [0.4, 0.5) is 0 Å². The molecule has 3 aliphatic heterocycles. The van der Waals surface area contributed by atoms with E-state index in [2.05, 4.69) is 5.16 Å². The molecule has 3 saturated heterocycles. The summed E-state index contributed by atoms with van der Waals surface area (Å²) in [7, 11) is 5.28. The molecule has 13 atom stereocenters. The normalized spacial score (nSPS) is 40.5. The van der Waals surface area contributed by atoms with Gasteiger partial charge in [-0.2, -0.15) is 0 Å². The van der Waals surface area contributed by atoms with Crippen LogP contribution in [0.15, 0.2) is 41.1 Å². The molecule has 4 rings (SSSR count). The molecule has 1 aromatic carbocycles. The predicted molar refractivity (Wildman–Crippen MR) is 203 cm³/mol. The Morgan fingerprint density at radius 2 is 1.72 bits per heavy atom. The zero-order chi connectivity index (χ0) is 40.0. The summed E-state index contributed by atoms with van der Waals surface area (Å²) in [6.45, 7) is 14.3. The highest BCUT2D eigenvalue weighted by Gasteiger charge is 2.53. The van der Waals surface area contributed by atoms with Crippen LogP contribution in [0.3, 0.4) is 0 Å². The summed E-state index contributed by atoms with van der Waals surface area (Å²) < 4.78 is 38.0. The average Bonchev–Trinajstić information content (AvgIpc) is 3.14. The summed E-state index contributed by atoms with van der Waals surface area (Å²) in [4.78, 5) is 35.9. The molecule has 5 unspecified atom stereocenters. The van der Waals surface area contributed by atoms with Crippen LogP contribution in [0.2, 0.25) is 0 Å². The molecule has 54 heavy (non-hydrogen) atoms. The molecule has 0 aromatic heterocycles.